The van der Waals surface area contributed by atoms with E-state index in [1.807, 2.05) is 0 Å². The summed E-state index contributed by atoms with van der Waals surface area (Å²) in [6.45, 7) is 4.63. The number of esters is 1. The number of ether oxygens (including phenoxy) is 2. The molecular formula is C15H18ClFN2O4. The molecular weight excluding hydrogens is 327 g/mol. The maximum atomic E-state index is 14.0. The maximum absolute atomic E-state index is 14.0. The fourth-order valence-corrected chi connectivity index (χ4v) is 2.26. The molecule has 1 aromatic carbocycles. The number of carbonyl (C=O) groups excluding carboxylic acids is 2. The SMILES string of the molecule is CC(C)OC(=O)c1cc(NC(=O)C2COCCN2)c(F)cc1Cl. The molecule has 1 heterocycles. The molecule has 1 saturated heterocycles. The van der Waals surface area contributed by atoms with Crippen molar-refractivity contribution >= 4 is 29.2 Å². The van der Waals surface area contributed by atoms with Crippen LogP contribution in [0, 0.1) is 5.82 Å². The quantitative estimate of drug-likeness (QED) is 0.817. The number of hydrogen-bond donors (Lipinski definition) is 2. The van der Waals surface area contributed by atoms with E-state index in [2.05, 4.69) is 10.6 Å². The predicted molar refractivity (Wildman–Crippen MR) is 83.2 cm³/mol. The molecule has 0 aliphatic carbocycles. The molecule has 2 N–H and O–H groups in total. The van der Waals surface area contributed by atoms with E-state index in [1.165, 1.54) is 6.07 Å². The first-order chi connectivity index (χ1) is 10.9. The first-order valence-corrected chi connectivity index (χ1v) is 7.58. The molecule has 1 aliphatic rings. The van der Waals surface area contributed by atoms with Crippen LogP contribution in [0.15, 0.2) is 12.1 Å². The molecule has 1 atom stereocenters. The normalized spacial score (nSPS) is 17.9. The van der Waals surface area contributed by atoms with Crippen molar-refractivity contribution in [1.82, 2.24) is 5.32 Å². The Morgan fingerprint density at radius 1 is 1.48 bits per heavy atom. The zero-order valence-electron chi connectivity index (χ0n) is 12.8. The molecule has 0 bridgehead atoms. The van der Waals surface area contributed by atoms with Gasteiger partial charge in [0.05, 0.1) is 35.6 Å². The fourth-order valence-electron chi connectivity index (χ4n) is 2.03. The molecule has 0 radical (unpaired) electrons. The molecule has 0 aromatic heterocycles. The molecule has 0 spiro atoms. The number of hydrogen-bond acceptors (Lipinski definition) is 5. The van der Waals surface area contributed by atoms with Crippen molar-refractivity contribution < 1.29 is 23.5 Å². The number of nitrogens with one attached hydrogen (secondary N) is 2. The van der Waals surface area contributed by atoms with E-state index < -0.39 is 23.7 Å². The van der Waals surface area contributed by atoms with Crippen molar-refractivity contribution in [3.05, 3.63) is 28.5 Å². The van der Waals surface area contributed by atoms with E-state index in [-0.39, 0.29) is 29.0 Å². The highest BCUT2D eigenvalue weighted by molar-refractivity contribution is 6.33. The Hall–Kier alpha value is -1.70. The topological polar surface area (TPSA) is 76.7 Å². The summed E-state index contributed by atoms with van der Waals surface area (Å²) in [6.07, 6.45) is -0.342. The van der Waals surface area contributed by atoms with Crippen molar-refractivity contribution in [2.75, 3.05) is 25.1 Å². The van der Waals surface area contributed by atoms with Crippen LogP contribution in [0.5, 0.6) is 0 Å². The molecule has 1 unspecified atom stereocenters. The number of morpholine rings is 1. The lowest BCUT2D eigenvalue weighted by Gasteiger charge is -2.23. The molecule has 1 aliphatic heterocycles. The third-order valence-corrected chi connectivity index (χ3v) is 3.43. The van der Waals surface area contributed by atoms with Gasteiger partial charge in [-0.1, -0.05) is 11.6 Å². The van der Waals surface area contributed by atoms with E-state index in [4.69, 9.17) is 21.1 Å². The molecule has 0 saturated carbocycles. The van der Waals surface area contributed by atoms with Crippen molar-refractivity contribution in [1.29, 1.82) is 0 Å². The van der Waals surface area contributed by atoms with Gasteiger partial charge in [0.2, 0.25) is 5.91 Å². The number of halogens is 2. The number of anilines is 1. The van der Waals surface area contributed by atoms with Crippen molar-refractivity contribution in [3.63, 3.8) is 0 Å². The van der Waals surface area contributed by atoms with Crippen molar-refractivity contribution in [2.24, 2.45) is 0 Å². The zero-order chi connectivity index (χ0) is 17.0. The van der Waals surface area contributed by atoms with Crippen LogP contribution in [0.25, 0.3) is 0 Å². The standard InChI is InChI=1S/C15H18ClFN2O4/c1-8(2)23-15(21)9-5-12(11(17)6-10(9)16)19-14(20)13-7-22-4-3-18-13/h5-6,8,13,18H,3-4,7H2,1-2H3,(H,19,20). The third kappa shape index (κ3) is 4.63. The minimum absolute atomic E-state index is 0.00933. The highest BCUT2D eigenvalue weighted by atomic mass is 35.5. The summed E-state index contributed by atoms with van der Waals surface area (Å²) in [6, 6.07) is 1.56. The second-order valence-electron chi connectivity index (χ2n) is 5.34. The van der Waals surface area contributed by atoms with E-state index in [0.717, 1.165) is 6.07 Å². The van der Waals surface area contributed by atoms with Crippen LogP contribution in [0.4, 0.5) is 10.1 Å². The van der Waals surface area contributed by atoms with Gasteiger partial charge >= 0.3 is 5.97 Å². The van der Waals surface area contributed by atoms with E-state index in [9.17, 15) is 14.0 Å². The Labute approximate surface area is 138 Å². The smallest absolute Gasteiger partial charge is 0.339 e. The second-order valence-corrected chi connectivity index (χ2v) is 5.74. The maximum Gasteiger partial charge on any atom is 0.339 e. The van der Waals surface area contributed by atoms with Gasteiger partial charge in [0.15, 0.2) is 0 Å². The van der Waals surface area contributed by atoms with Crippen LogP contribution in [0.2, 0.25) is 5.02 Å². The number of amides is 1. The molecule has 1 amide bonds. The first-order valence-electron chi connectivity index (χ1n) is 7.20. The van der Waals surface area contributed by atoms with Gasteiger partial charge in [-0.3, -0.25) is 4.79 Å². The Morgan fingerprint density at radius 2 is 2.22 bits per heavy atom. The van der Waals surface area contributed by atoms with Gasteiger partial charge in [0.25, 0.3) is 0 Å². The molecule has 23 heavy (non-hydrogen) atoms. The van der Waals surface area contributed by atoms with Gasteiger partial charge in [-0.05, 0) is 26.0 Å². The fraction of sp³-hybridized carbons (Fsp3) is 0.467. The summed E-state index contributed by atoms with van der Waals surface area (Å²) in [5.41, 5.74) is -0.146. The summed E-state index contributed by atoms with van der Waals surface area (Å²) < 4.78 is 24.2. The number of rotatable bonds is 4. The van der Waals surface area contributed by atoms with Crippen LogP contribution in [-0.2, 0) is 14.3 Å². The highest BCUT2D eigenvalue weighted by Gasteiger charge is 2.23. The Morgan fingerprint density at radius 3 is 2.83 bits per heavy atom. The summed E-state index contributed by atoms with van der Waals surface area (Å²) in [7, 11) is 0. The van der Waals surface area contributed by atoms with Crippen LogP contribution < -0.4 is 10.6 Å². The monoisotopic (exact) mass is 344 g/mol. The van der Waals surface area contributed by atoms with E-state index in [1.54, 1.807) is 13.8 Å². The zero-order valence-corrected chi connectivity index (χ0v) is 13.6. The average molecular weight is 345 g/mol. The van der Waals surface area contributed by atoms with Crippen LogP contribution in [0.1, 0.15) is 24.2 Å². The van der Waals surface area contributed by atoms with Gasteiger partial charge in [-0.25, -0.2) is 9.18 Å². The van der Waals surface area contributed by atoms with Gasteiger partial charge in [0.1, 0.15) is 11.9 Å². The average Bonchev–Trinajstić information content (AvgIpc) is 2.50. The number of benzene rings is 1. The Kier molecular flexibility index (Phi) is 5.92. The minimum Gasteiger partial charge on any atom is -0.459 e. The lowest BCUT2D eigenvalue weighted by Crippen LogP contribution is -2.48. The third-order valence-electron chi connectivity index (χ3n) is 3.12. The first kappa shape index (κ1) is 17.7. The molecule has 8 heteroatoms. The Bertz CT molecular complexity index is 603. The number of carbonyl (C=O) groups is 2. The van der Waals surface area contributed by atoms with Crippen LogP contribution in [0.3, 0.4) is 0 Å². The largest absolute Gasteiger partial charge is 0.459 e. The predicted octanol–water partition coefficient (Wildman–Crippen LogP) is 1.97. The van der Waals surface area contributed by atoms with Gasteiger partial charge in [0, 0.05) is 6.54 Å². The Balaban J connectivity index is 2.17. The summed E-state index contributed by atoms with van der Waals surface area (Å²) in [5.74, 6) is -1.87. The van der Waals surface area contributed by atoms with Crippen LogP contribution >= 0.6 is 11.6 Å². The van der Waals surface area contributed by atoms with Gasteiger partial charge in [-0.2, -0.15) is 0 Å². The molecule has 126 valence electrons. The highest BCUT2D eigenvalue weighted by Crippen LogP contribution is 2.25. The van der Waals surface area contributed by atoms with E-state index in [0.29, 0.717) is 13.2 Å². The molecule has 2 rings (SSSR count). The van der Waals surface area contributed by atoms with E-state index >= 15 is 0 Å². The van der Waals surface area contributed by atoms with Crippen LogP contribution in [-0.4, -0.2) is 43.8 Å². The molecule has 1 fully saturated rings. The van der Waals surface area contributed by atoms with Gasteiger partial charge in [-0.15, -0.1) is 0 Å². The molecule has 1 aromatic rings. The minimum atomic E-state index is -0.735. The lowest BCUT2D eigenvalue weighted by molar-refractivity contribution is -0.120. The molecule has 6 nitrogen and oxygen atoms in total. The second kappa shape index (κ2) is 7.72. The van der Waals surface area contributed by atoms with Crippen molar-refractivity contribution in [2.45, 2.75) is 26.0 Å². The summed E-state index contributed by atoms with van der Waals surface area (Å²) in [4.78, 5) is 24.0. The summed E-state index contributed by atoms with van der Waals surface area (Å²) >= 11 is 5.88. The van der Waals surface area contributed by atoms with Crippen molar-refractivity contribution in [3.8, 4) is 0 Å². The summed E-state index contributed by atoms with van der Waals surface area (Å²) in [5, 5.41) is 5.31. The lowest BCUT2D eigenvalue weighted by atomic mass is 10.1. The van der Waals surface area contributed by atoms with Gasteiger partial charge < -0.3 is 20.1 Å².